The lowest BCUT2D eigenvalue weighted by Gasteiger charge is -2.29. The molecule has 1 unspecified atom stereocenters. The number of hydrogen-bond donors (Lipinski definition) is 2. The third-order valence-electron chi connectivity index (χ3n) is 6.77. The van der Waals surface area contributed by atoms with E-state index in [1.165, 1.54) is 0 Å². The second-order valence-electron chi connectivity index (χ2n) is 10.00. The van der Waals surface area contributed by atoms with Gasteiger partial charge in [0, 0.05) is 24.0 Å². The Bertz CT molecular complexity index is 1350. The number of aromatic nitrogens is 3. The molecular formula is C24H28N6O2S. The number of pyridine rings is 1. The highest BCUT2D eigenvalue weighted by Crippen LogP contribution is 2.42. The number of fused-ring (bicyclic) bond motifs is 2. The van der Waals surface area contributed by atoms with Crippen LogP contribution in [0.1, 0.15) is 58.4 Å². The molecule has 1 fully saturated rings. The Labute approximate surface area is 195 Å². The molecule has 172 valence electrons. The largest absolute Gasteiger partial charge is 0.338 e. The Morgan fingerprint density at radius 1 is 1.27 bits per heavy atom. The van der Waals surface area contributed by atoms with E-state index in [2.05, 4.69) is 37.1 Å². The lowest BCUT2D eigenvalue weighted by atomic mass is 9.94. The predicted octanol–water partition coefficient (Wildman–Crippen LogP) is 4.29. The molecule has 9 heteroatoms. The first-order chi connectivity index (χ1) is 15.7. The summed E-state index contributed by atoms with van der Waals surface area (Å²) < 4.78 is 16.8. The Kier molecular flexibility index (Phi) is 5.18. The molecule has 0 amide bonds. The average Bonchev–Trinajstić information content (AvgIpc) is 3.46. The zero-order valence-electron chi connectivity index (χ0n) is 19.1. The molecule has 0 radical (unpaired) electrons. The lowest BCUT2D eigenvalue weighted by molar-refractivity contribution is 0.264. The van der Waals surface area contributed by atoms with Gasteiger partial charge in [-0.25, -0.2) is 8.51 Å². The Morgan fingerprint density at radius 3 is 2.73 bits per heavy atom. The van der Waals surface area contributed by atoms with Gasteiger partial charge in [-0.2, -0.15) is 10.4 Å². The van der Waals surface area contributed by atoms with Crippen molar-refractivity contribution in [2.75, 3.05) is 5.32 Å². The number of benzene rings is 1. The summed E-state index contributed by atoms with van der Waals surface area (Å²) in [5.74, 6) is 0.475. The van der Waals surface area contributed by atoms with Gasteiger partial charge in [-0.3, -0.25) is 9.48 Å². The maximum absolute atomic E-state index is 12.9. The van der Waals surface area contributed by atoms with Gasteiger partial charge in [-0.05, 0) is 63.4 Å². The van der Waals surface area contributed by atoms with Gasteiger partial charge in [0.05, 0.1) is 28.4 Å². The molecule has 1 aromatic carbocycles. The van der Waals surface area contributed by atoms with Gasteiger partial charge in [0.1, 0.15) is 16.4 Å². The van der Waals surface area contributed by atoms with E-state index in [4.69, 9.17) is 5.10 Å². The molecule has 3 heterocycles. The molecule has 1 aliphatic heterocycles. The van der Waals surface area contributed by atoms with Crippen LogP contribution in [0, 0.1) is 11.3 Å². The van der Waals surface area contributed by atoms with Gasteiger partial charge in [-0.15, -0.1) is 0 Å². The van der Waals surface area contributed by atoms with Crippen LogP contribution in [0.4, 0.5) is 11.5 Å². The number of nitriles is 1. The van der Waals surface area contributed by atoms with Crippen molar-refractivity contribution in [3.8, 4) is 6.07 Å². The van der Waals surface area contributed by atoms with Gasteiger partial charge in [0.15, 0.2) is 5.82 Å². The van der Waals surface area contributed by atoms with Crippen LogP contribution in [0.15, 0.2) is 40.2 Å². The first kappa shape index (κ1) is 21.9. The third-order valence-corrected chi connectivity index (χ3v) is 8.62. The smallest absolute Gasteiger partial charge is 0.261 e. The van der Waals surface area contributed by atoms with Crippen LogP contribution in [-0.2, 0) is 23.1 Å². The van der Waals surface area contributed by atoms with Crippen LogP contribution < -0.4 is 10.9 Å². The highest BCUT2D eigenvalue weighted by molar-refractivity contribution is 7.83. The maximum atomic E-state index is 12.9. The monoisotopic (exact) mass is 464 g/mol. The Balaban J connectivity index is 1.56. The third kappa shape index (κ3) is 3.58. The standard InChI is InChI=1S/C24H28N6O2S/c1-23(2,3)29-15-16-14-17(6-7-19(16)33(29)32)27-21-20-18(8-13-26-22(20)31)30(28-21)24(11-12-25)9-4-5-10-24/h6-8,13-14H,4-5,9-11,15H2,1-3H3,(H,26,31)(H,27,28). The number of hydrogen-bond acceptors (Lipinski definition) is 5. The molecule has 3 aromatic rings. The van der Waals surface area contributed by atoms with Crippen LogP contribution in [0.2, 0.25) is 0 Å². The number of nitrogens with zero attached hydrogens (tertiary/aromatic N) is 4. The fourth-order valence-electron chi connectivity index (χ4n) is 5.08. The highest BCUT2D eigenvalue weighted by atomic mass is 32.2. The molecule has 1 saturated carbocycles. The van der Waals surface area contributed by atoms with E-state index >= 15 is 0 Å². The van der Waals surface area contributed by atoms with E-state index in [0.29, 0.717) is 24.2 Å². The predicted molar refractivity (Wildman–Crippen MR) is 128 cm³/mol. The van der Waals surface area contributed by atoms with Crippen LogP contribution >= 0.6 is 0 Å². The van der Waals surface area contributed by atoms with Crippen molar-refractivity contribution < 1.29 is 4.21 Å². The second kappa shape index (κ2) is 7.82. The van der Waals surface area contributed by atoms with E-state index in [1.807, 2.05) is 33.3 Å². The van der Waals surface area contributed by atoms with E-state index < -0.39 is 11.0 Å². The zero-order chi connectivity index (χ0) is 23.4. The summed E-state index contributed by atoms with van der Waals surface area (Å²) in [5, 5.41) is 18.2. The molecule has 33 heavy (non-hydrogen) atoms. The first-order valence-electron chi connectivity index (χ1n) is 11.3. The van der Waals surface area contributed by atoms with Crippen molar-refractivity contribution in [3.63, 3.8) is 0 Å². The van der Waals surface area contributed by atoms with Crippen molar-refractivity contribution in [1.29, 1.82) is 5.26 Å². The quantitative estimate of drug-likeness (QED) is 0.599. The van der Waals surface area contributed by atoms with Gasteiger partial charge >= 0.3 is 0 Å². The summed E-state index contributed by atoms with van der Waals surface area (Å²) in [4.78, 5) is 16.4. The van der Waals surface area contributed by atoms with Crippen molar-refractivity contribution >= 4 is 33.4 Å². The number of nitrogens with one attached hydrogen (secondary N) is 2. The molecule has 2 aromatic heterocycles. The molecule has 8 nitrogen and oxygen atoms in total. The fourth-order valence-corrected chi connectivity index (χ4v) is 6.60. The van der Waals surface area contributed by atoms with Crippen molar-refractivity contribution in [3.05, 3.63) is 46.4 Å². The van der Waals surface area contributed by atoms with Crippen LogP contribution in [-0.4, -0.2) is 28.8 Å². The average molecular weight is 465 g/mol. The molecule has 2 N–H and O–H groups in total. The summed E-state index contributed by atoms with van der Waals surface area (Å²) in [5.41, 5.74) is 1.71. The number of anilines is 2. The molecule has 1 aliphatic carbocycles. The molecule has 0 bridgehead atoms. The van der Waals surface area contributed by atoms with Crippen LogP contribution in [0.5, 0.6) is 0 Å². The molecule has 0 saturated heterocycles. The minimum absolute atomic E-state index is 0.212. The highest BCUT2D eigenvalue weighted by Gasteiger charge is 2.39. The second-order valence-corrected chi connectivity index (χ2v) is 11.4. The van der Waals surface area contributed by atoms with E-state index in [9.17, 15) is 14.3 Å². The fraction of sp³-hybridized carbons (Fsp3) is 0.458. The zero-order valence-corrected chi connectivity index (χ0v) is 20.0. The summed E-state index contributed by atoms with van der Waals surface area (Å²) in [6.45, 7) is 6.77. The van der Waals surface area contributed by atoms with Crippen molar-refractivity contribution in [2.24, 2.45) is 0 Å². The van der Waals surface area contributed by atoms with Gasteiger partial charge in [-0.1, -0.05) is 12.8 Å². The minimum atomic E-state index is -1.19. The summed E-state index contributed by atoms with van der Waals surface area (Å²) >= 11 is 0. The number of aromatic amines is 1. The normalized spacial score (nSPS) is 20.1. The van der Waals surface area contributed by atoms with Crippen LogP contribution in [0.3, 0.4) is 0 Å². The number of rotatable bonds is 4. The molecule has 0 spiro atoms. The van der Waals surface area contributed by atoms with Crippen molar-refractivity contribution in [2.45, 2.75) is 75.4 Å². The van der Waals surface area contributed by atoms with E-state index in [1.54, 1.807) is 6.20 Å². The molecule has 1 atom stereocenters. The summed E-state index contributed by atoms with van der Waals surface area (Å²) in [6.07, 6.45) is 5.83. The Morgan fingerprint density at radius 2 is 2.03 bits per heavy atom. The lowest BCUT2D eigenvalue weighted by Crippen LogP contribution is -2.38. The minimum Gasteiger partial charge on any atom is -0.338 e. The van der Waals surface area contributed by atoms with Gasteiger partial charge in [0.2, 0.25) is 0 Å². The number of H-pyrrole nitrogens is 1. The first-order valence-corrected chi connectivity index (χ1v) is 12.4. The summed E-state index contributed by atoms with van der Waals surface area (Å²) in [7, 11) is -1.19. The van der Waals surface area contributed by atoms with Crippen LogP contribution in [0.25, 0.3) is 10.9 Å². The Hall–Kier alpha value is -2.96. The molecule has 5 rings (SSSR count). The maximum Gasteiger partial charge on any atom is 0.261 e. The van der Waals surface area contributed by atoms with Gasteiger partial charge in [0.25, 0.3) is 5.56 Å². The van der Waals surface area contributed by atoms with E-state index in [0.717, 1.165) is 47.3 Å². The summed E-state index contributed by atoms with van der Waals surface area (Å²) in [6, 6.07) is 9.95. The van der Waals surface area contributed by atoms with Crippen molar-refractivity contribution in [1.82, 2.24) is 19.1 Å². The topological polar surface area (TPSA) is 107 Å². The molecular weight excluding hydrogens is 436 g/mol. The van der Waals surface area contributed by atoms with E-state index in [-0.39, 0.29) is 16.6 Å². The SMILES string of the molecule is CC(C)(C)N1Cc2cc(Nc3nn(C4(CC#N)CCCC4)c4cc[nH]c(=O)c34)ccc2S1=O. The molecule has 2 aliphatic rings. The van der Waals surface area contributed by atoms with Gasteiger partial charge < -0.3 is 10.3 Å².